The Bertz CT molecular complexity index is 605. The average Bonchev–Trinajstić information content (AvgIpc) is 3.03. The van der Waals surface area contributed by atoms with E-state index in [1.807, 2.05) is 12.1 Å². The molecule has 3 rings (SSSR count). The Balaban J connectivity index is 1.64. The molecule has 21 heavy (non-hydrogen) atoms. The molecule has 0 amide bonds. The van der Waals surface area contributed by atoms with Crippen LogP contribution in [0.2, 0.25) is 10.0 Å². The highest BCUT2D eigenvalue weighted by molar-refractivity contribution is 6.35. The summed E-state index contributed by atoms with van der Waals surface area (Å²) in [5, 5.41) is 4.70. The number of halogens is 2. The molecule has 2 nitrogen and oxygen atoms in total. The van der Waals surface area contributed by atoms with Crippen LogP contribution in [0, 0.1) is 0 Å². The molecular weight excluding hydrogens is 303 g/mol. The summed E-state index contributed by atoms with van der Waals surface area (Å²) in [5.74, 6) is 0. The lowest BCUT2D eigenvalue weighted by atomic mass is 10.2. The van der Waals surface area contributed by atoms with Gasteiger partial charge in [-0.3, -0.25) is 0 Å². The monoisotopic (exact) mass is 320 g/mol. The Morgan fingerprint density at radius 3 is 2.38 bits per heavy atom. The van der Waals surface area contributed by atoms with Crippen LogP contribution < -0.4 is 10.2 Å². The lowest BCUT2D eigenvalue weighted by molar-refractivity contribution is 0.949. The minimum absolute atomic E-state index is 0.686. The van der Waals surface area contributed by atoms with E-state index in [1.54, 1.807) is 6.07 Å². The minimum atomic E-state index is 0.686. The van der Waals surface area contributed by atoms with Crippen molar-refractivity contribution in [2.24, 2.45) is 0 Å². The summed E-state index contributed by atoms with van der Waals surface area (Å²) in [6, 6.07) is 14.2. The van der Waals surface area contributed by atoms with E-state index >= 15 is 0 Å². The highest BCUT2D eigenvalue weighted by atomic mass is 35.5. The molecule has 1 heterocycles. The van der Waals surface area contributed by atoms with Crippen molar-refractivity contribution in [3.05, 3.63) is 58.1 Å². The quantitative estimate of drug-likeness (QED) is 0.832. The Morgan fingerprint density at radius 1 is 0.952 bits per heavy atom. The van der Waals surface area contributed by atoms with Gasteiger partial charge in [-0.25, -0.2) is 0 Å². The summed E-state index contributed by atoms with van der Waals surface area (Å²) >= 11 is 12.1. The van der Waals surface area contributed by atoms with Crippen molar-refractivity contribution in [2.45, 2.75) is 19.4 Å². The van der Waals surface area contributed by atoms with Crippen molar-refractivity contribution >= 4 is 34.6 Å². The molecule has 0 aliphatic carbocycles. The first-order chi connectivity index (χ1) is 10.2. The fraction of sp³-hybridized carbons (Fsp3) is 0.294. The van der Waals surface area contributed by atoms with E-state index in [1.165, 1.54) is 37.2 Å². The molecule has 0 aromatic heterocycles. The second kappa shape index (κ2) is 6.59. The number of hydrogen-bond acceptors (Lipinski definition) is 2. The molecule has 0 radical (unpaired) electrons. The van der Waals surface area contributed by atoms with Gasteiger partial charge in [-0.15, -0.1) is 0 Å². The van der Waals surface area contributed by atoms with E-state index < -0.39 is 0 Å². The van der Waals surface area contributed by atoms with Crippen LogP contribution in [0.3, 0.4) is 0 Å². The molecule has 0 bridgehead atoms. The van der Waals surface area contributed by atoms with Crippen molar-refractivity contribution < 1.29 is 0 Å². The zero-order valence-electron chi connectivity index (χ0n) is 11.8. The van der Waals surface area contributed by atoms with Gasteiger partial charge < -0.3 is 10.2 Å². The molecule has 0 atom stereocenters. The number of nitrogens with one attached hydrogen (secondary N) is 1. The summed E-state index contributed by atoms with van der Waals surface area (Å²) in [6.07, 6.45) is 2.60. The van der Waals surface area contributed by atoms with Gasteiger partial charge in [0.15, 0.2) is 0 Å². The van der Waals surface area contributed by atoms with Crippen LogP contribution in [-0.2, 0) is 6.54 Å². The molecule has 0 spiro atoms. The molecule has 1 aliphatic heterocycles. The summed E-state index contributed by atoms with van der Waals surface area (Å²) in [6.45, 7) is 3.09. The zero-order valence-corrected chi connectivity index (χ0v) is 13.3. The fourth-order valence-corrected chi connectivity index (χ4v) is 2.99. The molecule has 110 valence electrons. The smallest absolute Gasteiger partial charge is 0.0638 e. The van der Waals surface area contributed by atoms with E-state index in [4.69, 9.17) is 23.2 Å². The van der Waals surface area contributed by atoms with Crippen LogP contribution in [0.1, 0.15) is 18.4 Å². The Labute approximate surface area is 135 Å². The third kappa shape index (κ3) is 3.63. The van der Waals surface area contributed by atoms with Crippen molar-refractivity contribution in [2.75, 3.05) is 23.3 Å². The van der Waals surface area contributed by atoms with E-state index in [0.29, 0.717) is 10.0 Å². The third-order valence-electron chi connectivity index (χ3n) is 3.82. The van der Waals surface area contributed by atoms with Crippen LogP contribution in [-0.4, -0.2) is 13.1 Å². The van der Waals surface area contributed by atoms with Crippen molar-refractivity contribution in [1.29, 1.82) is 0 Å². The van der Waals surface area contributed by atoms with E-state index in [2.05, 4.69) is 34.5 Å². The topological polar surface area (TPSA) is 15.3 Å². The van der Waals surface area contributed by atoms with Gasteiger partial charge in [-0.2, -0.15) is 0 Å². The average molecular weight is 321 g/mol. The lowest BCUT2D eigenvalue weighted by Gasteiger charge is -2.18. The maximum atomic E-state index is 6.15. The molecule has 0 saturated carbocycles. The third-order valence-corrected chi connectivity index (χ3v) is 4.38. The van der Waals surface area contributed by atoms with Gasteiger partial charge >= 0.3 is 0 Å². The number of hydrogen-bond donors (Lipinski definition) is 1. The Hall–Kier alpha value is -1.38. The molecular formula is C17H18Cl2N2. The van der Waals surface area contributed by atoms with Crippen molar-refractivity contribution in [1.82, 2.24) is 0 Å². The SMILES string of the molecule is Clc1ccc(Cl)c(NCc2ccc(N3CCCC3)cc2)c1. The number of nitrogens with zero attached hydrogens (tertiary/aromatic N) is 1. The van der Waals surface area contributed by atoms with Crippen LogP contribution in [0.25, 0.3) is 0 Å². The molecule has 1 saturated heterocycles. The summed E-state index contributed by atoms with van der Waals surface area (Å²) < 4.78 is 0. The highest BCUT2D eigenvalue weighted by Gasteiger charge is 2.11. The van der Waals surface area contributed by atoms with Gasteiger partial charge in [0, 0.05) is 30.3 Å². The standard InChI is InChI=1S/C17H18Cl2N2/c18-14-5-8-16(19)17(11-14)20-12-13-3-6-15(7-4-13)21-9-1-2-10-21/h3-8,11,20H,1-2,9-10,12H2. The summed E-state index contributed by atoms with van der Waals surface area (Å²) in [5.41, 5.74) is 3.42. The van der Waals surface area contributed by atoms with Crippen molar-refractivity contribution in [3.63, 3.8) is 0 Å². The first kappa shape index (κ1) is 14.6. The van der Waals surface area contributed by atoms with Gasteiger partial charge in [0.05, 0.1) is 10.7 Å². The van der Waals surface area contributed by atoms with Gasteiger partial charge in [0.1, 0.15) is 0 Å². The second-order valence-corrected chi connectivity index (χ2v) is 6.18. The van der Waals surface area contributed by atoms with E-state index in [0.717, 1.165) is 12.2 Å². The predicted molar refractivity (Wildman–Crippen MR) is 91.7 cm³/mol. The molecule has 4 heteroatoms. The first-order valence-corrected chi connectivity index (χ1v) is 8.01. The molecule has 2 aromatic rings. The van der Waals surface area contributed by atoms with Crippen LogP contribution in [0.15, 0.2) is 42.5 Å². The van der Waals surface area contributed by atoms with Gasteiger partial charge in [-0.05, 0) is 48.7 Å². The molecule has 2 aromatic carbocycles. The number of benzene rings is 2. The van der Waals surface area contributed by atoms with Crippen molar-refractivity contribution in [3.8, 4) is 0 Å². The van der Waals surface area contributed by atoms with Gasteiger partial charge in [0.25, 0.3) is 0 Å². The minimum Gasteiger partial charge on any atom is -0.380 e. The normalized spacial score (nSPS) is 14.5. The maximum absolute atomic E-state index is 6.15. The number of anilines is 2. The van der Waals surface area contributed by atoms with Crippen LogP contribution in [0.5, 0.6) is 0 Å². The number of rotatable bonds is 4. The predicted octanol–water partition coefficient (Wildman–Crippen LogP) is 5.21. The zero-order chi connectivity index (χ0) is 14.7. The van der Waals surface area contributed by atoms with E-state index in [-0.39, 0.29) is 0 Å². The highest BCUT2D eigenvalue weighted by Crippen LogP contribution is 2.26. The van der Waals surface area contributed by atoms with Crippen LogP contribution in [0.4, 0.5) is 11.4 Å². The second-order valence-electron chi connectivity index (χ2n) is 5.34. The molecule has 1 fully saturated rings. The molecule has 1 aliphatic rings. The van der Waals surface area contributed by atoms with Crippen LogP contribution >= 0.6 is 23.2 Å². The lowest BCUT2D eigenvalue weighted by Crippen LogP contribution is -2.17. The first-order valence-electron chi connectivity index (χ1n) is 7.25. The Morgan fingerprint density at radius 2 is 1.67 bits per heavy atom. The molecule has 0 unspecified atom stereocenters. The van der Waals surface area contributed by atoms with E-state index in [9.17, 15) is 0 Å². The molecule has 1 N–H and O–H groups in total. The Kier molecular flexibility index (Phi) is 4.57. The maximum Gasteiger partial charge on any atom is 0.0638 e. The van der Waals surface area contributed by atoms with Gasteiger partial charge in [-0.1, -0.05) is 35.3 Å². The summed E-state index contributed by atoms with van der Waals surface area (Å²) in [4.78, 5) is 2.44. The largest absolute Gasteiger partial charge is 0.380 e. The fourth-order valence-electron chi connectivity index (χ4n) is 2.63. The van der Waals surface area contributed by atoms with Gasteiger partial charge in [0.2, 0.25) is 0 Å². The summed E-state index contributed by atoms with van der Waals surface area (Å²) in [7, 11) is 0.